The van der Waals surface area contributed by atoms with E-state index in [0.29, 0.717) is 11.3 Å². The molecule has 1 aliphatic heterocycles. The number of rotatable bonds is 3. The van der Waals surface area contributed by atoms with Gasteiger partial charge in [-0.2, -0.15) is 0 Å². The number of carbonyl (C=O) groups is 2. The van der Waals surface area contributed by atoms with Gasteiger partial charge in [-0.25, -0.2) is 4.39 Å². The number of para-hydroxylation sites is 1. The summed E-state index contributed by atoms with van der Waals surface area (Å²) in [7, 11) is 0. The Kier molecular flexibility index (Phi) is 4.34. The first-order valence-electron chi connectivity index (χ1n) is 7.15. The molecule has 2 aromatic rings. The van der Waals surface area contributed by atoms with E-state index in [4.69, 9.17) is 0 Å². The van der Waals surface area contributed by atoms with Gasteiger partial charge in [0.15, 0.2) is 0 Å². The number of aryl methyl sites for hydroxylation is 1. The molecule has 0 aromatic heterocycles. The van der Waals surface area contributed by atoms with Crippen LogP contribution in [-0.2, 0) is 9.59 Å². The van der Waals surface area contributed by atoms with Crippen molar-refractivity contribution in [1.82, 2.24) is 0 Å². The minimum atomic E-state index is -0.481. The standard InChI is InChI=1S/C17H15FN2O2S/c1-10-8-11(18)6-7-12(10)19-16(21)9-15-17(22)20-13-4-2-3-5-14(13)23-15/h2-8,15H,9H2,1H3,(H,19,21)(H,20,22)/t15-/m0/s1. The largest absolute Gasteiger partial charge is 0.326 e. The van der Waals surface area contributed by atoms with Gasteiger partial charge in [0.05, 0.1) is 10.9 Å². The second-order valence-corrected chi connectivity index (χ2v) is 6.55. The smallest absolute Gasteiger partial charge is 0.238 e. The summed E-state index contributed by atoms with van der Waals surface area (Å²) in [6.45, 7) is 1.72. The SMILES string of the molecule is Cc1cc(F)ccc1NC(=O)C[C@@H]1Sc2ccccc2NC1=O. The van der Waals surface area contributed by atoms with Crippen molar-refractivity contribution in [3.63, 3.8) is 0 Å². The average molecular weight is 330 g/mol. The molecule has 4 nitrogen and oxygen atoms in total. The zero-order valence-corrected chi connectivity index (χ0v) is 13.2. The van der Waals surface area contributed by atoms with E-state index in [1.165, 1.54) is 30.0 Å². The van der Waals surface area contributed by atoms with E-state index in [-0.39, 0.29) is 24.1 Å². The second-order valence-electron chi connectivity index (χ2n) is 5.30. The Morgan fingerprint density at radius 2 is 2.09 bits per heavy atom. The summed E-state index contributed by atoms with van der Waals surface area (Å²) >= 11 is 1.38. The van der Waals surface area contributed by atoms with Crippen molar-refractivity contribution < 1.29 is 14.0 Å². The molecule has 118 valence electrons. The van der Waals surface area contributed by atoms with Crippen LogP contribution < -0.4 is 10.6 Å². The van der Waals surface area contributed by atoms with Crippen LogP contribution in [0.25, 0.3) is 0 Å². The highest BCUT2D eigenvalue weighted by atomic mass is 32.2. The fourth-order valence-corrected chi connectivity index (χ4v) is 3.47. The molecule has 1 atom stereocenters. The first-order chi connectivity index (χ1) is 11.0. The number of hydrogen-bond acceptors (Lipinski definition) is 3. The van der Waals surface area contributed by atoms with E-state index in [2.05, 4.69) is 10.6 Å². The maximum Gasteiger partial charge on any atom is 0.238 e. The third-order valence-electron chi connectivity index (χ3n) is 3.54. The Morgan fingerprint density at radius 1 is 1.30 bits per heavy atom. The number of hydrogen-bond donors (Lipinski definition) is 2. The minimum absolute atomic E-state index is 0.0572. The Morgan fingerprint density at radius 3 is 2.87 bits per heavy atom. The van der Waals surface area contributed by atoms with Crippen LogP contribution in [0.5, 0.6) is 0 Å². The lowest BCUT2D eigenvalue weighted by Crippen LogP contribution is -2.32. The van der Waals surface area contributed by atoms with Crippen LogP contribution in [0.1, 0.15) is 12.0 Å². The van der Waals surface area contributed by atoms with E-state index in [1.54, 1.807) is 6.92 Å². The molecule has 0 spiro atoms. The molecular formula is C17H15FN2O2S. The Labute approximate surface area is 137 Å². The lowest BCUT2D eigenvalue weighted by atomic mass is 10.2. The number of anilines is 2. The van der Waals surface area contributed by atoms with Gasteiger partial charge in [-0.1, -0.05) is 12.1 Å². The van der Waals surface area contributed by atoms with Crippen molar-refractivity contribution in [2.45, 2.75) is 23.5 Å². The number of halogens is 1. The summed E-state index contributed by atoms with van der Waals surface area (Å²) in [6.07, 6.45) is 0.0572. The van der Waals surface area contributed by atoms with E-state index < -0.39 is 5.25 Å². The van der Waals surface area contributed by atoms with E-state index >= 15 is 0 Å². The predicted octanol–water partition coefficient (Wildman–Crippen LogP) is 3.58. The topological polar surface area (TPSA) is 58.2 Å². The van der Waals surface area contributed by atoms with Crippen LogP contribution in [0.15, 0.2) is 47.4 Å². The maximum atomic E-state index is 13.1. The number of nitrogens with one attached hydrogen (secondary N) is 2. The lowest BCUT2D eigenvalue weighted by Gasteiger charge is -2.23. The molecule has 0 unspecified atom stereocenters. The summed E-state index contributed by atoms with van der Waals surface area (Å²) in [4.78, 5) is 25.2. The van der Waals surface area contributed by atoms with Gasteiger partial charge < -0.3 is 10.6 Å². The van der Waals surface area contributed by atoms with E-state index in [0.717, 1.165) is 10.6 Å². The van der Waals surface area contributed by atoms with Crippen LogP contribution in [0.4, 0.5) is 15.8 Å². The van der Waals surface area contributed by atoms with Gasteiger partial charge >= 0.3 is 0 Å². The number of fused-ring (bicyclic) bond motifs is 1. The lowest BCUT2D eigenvalue weighted by molar-refractivity contribution is -0.120. The quantitative estimate of drug-likeness (QED) is 0.904. The van der Waals surface area contributed by atoms with Gasteiger partial charge in [0.1, 0.15) is 5.82 Å². The molecule has 0 saturated heterocycles. The van der Waals surface area contributed by atoms with Crippen molar-refractivity contribution in [2.75, 3.05) is 10.6 Å². The molecular weight excluding hydrogens is 315 g/mol. The zero-order chi connectivity index (χ0) is 16.4. The van der Waals surface area contributed by atoms with Crippen LogP contribution in [0, 0.1) is 12.7 Å². The van der Waals surface area contributed by atoms with Crippen LogP contribution in [-0.4, -0.2) is 17.1 Å². The average Bonchev–Trinajstić information content (AvgIpc) is 2.51. The van der Waals surface area contributed by atoms with Crippen molar-refractivity contribution >= 4 is 35.0 Å². The molecule has 23 heavy (non-hydrogen) atoms. The van der Waals surface area contributed by atoms with E-state index in [1.807, 2.05) is 24.3 Å². The van der Waals surface area contributed by atoms with Crippen LogP contribution in [0.2, 0.25) is 0 Å². The summed E-state index contributed by atoms with van der Waals surface area (Å²) in [5.74, 6) is -0.800. The predicted molar refractivity (Wildman–Crippen MR) is 89.1 cm³/mol. The summed E-state index contributed by atoms with van der Waals surface area (Å²) in [5, 5.41) is 5.06. The molecule has 0 fully saturated rings. The van der Waals surface area contributed by atoms with Gasteiger partial charge in [-0.15, -0.1) is 11.8 Å². The number of benzene rings is 2. The Hall–Kier alpha value is -2.34. The summed E-state index contributed by atoms with van der Waals surface area (Å²) in [6, 6.07) is 11.7. The normalized spacial score (nSPS) is 16.4. The molecule has 2 N–H and O–H groups in total. The second kappa shape index (κ2) is 6.42. The molecule has 2 aromatic carbocycles. The van der Waals surface area contributed by atoms with Crippen molar-refractivity contribution in [3.05, 3.63) is 53.8 Å². The first-order valence-corrected chi connectivity index (χ1v) is 8.03. The van der Waals surface area contributed by atoms with Gasteiger partial charge in [-0.05, 0) is 42.8 Å². The van der Waals surface area contributed by atoms with Gasteiger partial charge in [0.25, 0.3) is 0 Å². The number of amides is 2. The molecule has 6 heteroatoms. The van der Waals surface area contributed by atoms with Gasteiger partial charge in [0, 0.05) is 17.0 Å². The highest BCUT2D eigenvalue weighted by molar-refractivity contribution is 8.01. The minimum Gasteiger partial charge on any atom is -0.326 e. The molecule has 2 amide bonds. The Balaban J connectivity index is 1.67. The third kappa shape index (κ3) is 3.53. The molecule has 0 aliphatic carbocycles. The van der Waals surface area contributed by atoms with Crippen molar-refractivity contribution in [3.8, 4) is 0 Å². The Bertz CT molecular complexity index is 779. The monoisotopic (exact) mass is 330 g/mol. The van der Waals surface area contributed by atoms with Gasteiger partial charge in [-0.3, -0.25) is 9.59 Å². The molecule has 0 radical (unpaired) electrons. The highest BCUT2D eigenvalue weighted by Crippen LogP contribution is 2.36. The molecule has 1 heterocycles. The summed E-state index contributed by atoms with van der Waals surface area (Å²) < 4.78 is 13.1. The molecule has 0 saturated carbocycles. The number of thioether (sulfide) groups is 1. The maximum absolute atomic E-state index is 13.1. The fraction of sp³-hybridized carbons (Fsp3) is 0.176. The molecule has 3 rings (SSSR count). The van der Waals surface area contributed by atoms with Crippen molar-refractivity contribution in [2.24, 2.45) is 0 Å². The molecule has 0 bridgehead atoms. The first kappa shape index (κ1) is 15.6. The fourth-order valence-electron chi connectivity index (χ4n) is 2.36. The summed E-state index contributed by atoms with van der Waals surface area (Å²) in [5.41, 5.74) is 1.97. The zero-order valence-electron chi connectivity index (χ0n) is 12.4. The highest BCUT2D eigenvalue weighted by Gasteiger charge is 2.28. The van der Waals surface area contributed by atoms with E-state index in [9.17, 15) is 14.0 Å². The van der Waals surface area contributed by atoms with Crippen LogP contribution in [0.3, 0.4) is 0 Å². The number of carbonyl (C=O) groups excluding carboxylic acids is 2. The third-order valence-corrected chi connectivity index (χ3v) is 4.82. The molecule has 1 aliphatic rings. The van der Waals surface area contributed by atoms with Gasteiger partial charge in [0.2, 0.25) is 11.8 Å². The van der Waals surface area contributed by atoms with Crippen molar-refractivity contribution in [1.29, 1.82) is 0 Å². The van der Waals surface area contributed by atoms with Crippen LogP contribution >= 0.6 is 11.8 Å².